The van der Waals surface area contributed by atoms with E-state index in [0.29, 0.717) is 6.54 Å². The lowest BCUT2D eigenvalue weighted by Crippen LogP contribution is -2.42. The van der Waals surface area contributed by atoms with Crippen molar-refractivity contribution in [2.24, 2.45) is 4.99 Å². The maximum absolute atomic E-state index is 12.0. The minimum atomic E-state index is -0.310. The van der Waals surface area contributed by atoms with Gasteiger partial charge >= 0.3 is 6.03 Å². The van der Waals surface area contributed by atoms with Crippen molar-refractivity contribution in [1.82, 2.24) is 15.5 Å². The molecule has 1 fully saturated rings. The molecule has 1 saturated heterocycles. The van der Waals surface area contributed by atoms with Gasteiger partial charge in [0.25, 0.3) is 0 Å². The molecule has 1 aliphatic heterocycles. The molecule has 1 unspecified atom stereocenters. The van der Waals surface area contributed by atoms with Crippen LogP contribution in [0.25, 0.3) is 0 Å². The maximum Gasteiger partial charge on any atom is 0.316 e. The van der Waals surface area contributed by atoms with Crippen molar-refractivity contribution < 1.29 is 9.90 Å². The number of nitrogens with zero attached hydrogens (tertiary/aromatic N) is 2. The number of amidine groups is 1. The number of aliphatic imine (C=N–C) groups is 1. The van der Waals surface area contributed by atoms with Gasteiger partial charge in [0.1, 0.15) is 6.17 Å². The Balaban J connectivity index is 1.81. The number of hydrogen-bond acceptors (Lipinski definition) is 4. The molecule has 1 aliphatic rings. The fourth-order valence-electron chi connectivity index (χ4n) is 2.54. The van der Waals surface area contributed by atoms with Crippen LogP contribution in [0.5, 0.6) is 0 Å². The molecule has 132 valence electrons. The number of thioether (sulfide) groups is 1. The minimum Gasteiger partial charge on any atom is -0.393 e. The van der Waals surface area contributed by atoms with Crippen molar-refractivity contribution in [3.63, 3.8) is 0 Å². The average molecular weight is 350 g/mol. The molecule has 1 aromatic carbocycles. The lowest BCUT2D eigenvalue weighted by molar-refractivity contribution is 0.110. The van der Waals surface area contributed by atoms with E-state index in [4.69, 9.17) is 0 Å². The van der Waals surface area contributed by atoms with Gasteiger partial charge < -0.3 is 20.6 Å². The smallest absolute Gasteiger partial charge is 0.316 e. The predicted octanol–water partition coefficient (Wildman–Crippen LogP) is 2.01. The molecule has 2 rings (SSSR count). The molecule has 2 amide bonds. The summed E-state index contributed by atoms with van der Waals surface area (Å²) in [6.45, 7) is 3.95. The van der Waals surface area contributed by atoms with Crippen LogP contribution < -0.4 is 10.6 Å². The largest absolute Gasteiger partial charge is 0.393 e. The first-order valence-corrected chi connectivity index (χ1v) is 9.44. The second-order valence-electron chi connectivity index (χ2n) is 5.82. The number of aliphatic hydroxyl groups is 1. The van der Waals surface area contributed by atoms with E-state index in [-0.39, 0.29) is 18.3 Å². The Morgan fingerprint density at radius 1 is 1.38 bits per heavy atom. The van der Waals surface area contributed by atoms with Gasteiger partial charge in [0.15, 0.2) is 5.17 Å². The number of rotatable bonds is 4. The third-order valence-corrected chi connectivity index (χ3v) is 4.59. The van der Waals surface area contributed by atoms with Gasteiger partial charge in [-0.3, -0.25) is 0 Å². The van der Waals surface area contributed by atoms with Gasteiger partial charge in [-0.1, -0.05) is 42.1 Å². The molecule has 0 spiro atoms. The van der Waals surface area contributed by atoms with Crippen LogP contribution in [0, 0.1) is 0 Å². The second-order valence-corrected chi connectivity index (χ2v) is 6.60. The van der Waals surface area contributed by atoms with E-state index in [9.17, 15) is 9.90 Å². The van der Waals surface area contributed by atoms with Crippen molar-refractivity contribution >= 4 is 23.0 Å². The minimum absolute atomic E-state index is 0.205. The lowest BCUT2D eigenvalue weighted by Gasteiger charge is -2.31. The summed E-state index contributed by atoms with van der Waals surface area (Å²) in [4.78, 5) is 18.7. The topological polar surface area (TPSA) is 77.0 Å². The van der Waals surface area contributed by atoms with E-state index in [1.165, 1.54) is 0 Å². The van der Waals surface area contributed by atoms with Gasteiger partial charge in [0, 0.05) is 19.6 Å². The molecule has 1 aromatic rings. The van der Waals surface area contributed by atoms with Crippen molar-refractivity contribution in [2.45, 2.75) is 38.6 Å². The number of urea groups is 1. The number of carbonyl (C=O) groups is 1. The fourth-order valence-corrected chi connectivity index (χ4v) is 3.24. The molecule has 7 heteroatoms. The summed E-state index contributed by atoms with van der Waals surface area (Å²) in [6.07, 6.45) is 2.99. The summed E-state index contributed by atoms with van der Waals surface area (Å²) in [5, 5.41) is 16.2. The van der Waals surface area contributed by atoms with Gasteiger partial charge in [-0.15, -0.1) is 0 Å². The maximum atomic E-state index is 12.0. The zero-order valence-corrected chi connectivity index (χ0v) is 15.1. The van der Waals surface area contributed by atoms with Gasteiger partial charge in [0.2, 0.25) is 0 Å². The zero-order valence-electron chi connectivity index (χ0n) is 14.2. The number of nitrogens with one attached hydrogen (secondary N) is 2. The van der Waals surface area contributed by atoms with Crippen molar-refractivity contribution in [3.05, 3.63) is 35.9 Å². The summed E-state index contributed by atoms with van der Waals surface area (Å²) in [7, 11) is 0. The highest BCUT2D eigenvalue weighted by Crippen LogP contribution is 2.15. The highest BCUT2D eigenvalue weighted by atomic mass is 32.2. The number of hydrogen-bond donors (Lipinski definition) is 3. The van der Waals surface area contributed by atoms with Crippen LogP contribution in [-0.2, 0) is 6.54 Å². The number of carbonyl (C=O) groups excluding carboxylic acids is 1. The Hall–Kier alpha value is -1.73. The second kappa shape index (κ2) is 9.54. The van der Waals surface area contributed by atoms with Crippen molar-refractivity contribution in [1.29, 1.82) is 0 Å². The molecule has 0 radical (unpaired) electrons. The van der Waals surface area contributed by atoms with E-state index in [2.05, 4.69) is 20.5 Å². The van der Waals surface area contributed by atoms with E-state index in [0.717, 1.165) is 36.7 Å². The van der Waals surface area contributed by atoms with Gasteiger partial charge in [-0.05, 0) is 31.6 Å². The summed E-state index contributed by atoms with van der Waals surface area (Å²) in [5.74, 6) is 0. The van der Waals surface area contributed by atoms with Crippen LogP contribution in [-0.4, -0.2) is 52.8 Å². The number of piperidine rings is 1. The average Bonchev–Trinajstić information content (AvgIpc) is 2.59. The standard InChI is InChI=1S/C17H26N4O2S/c1-13(19-16(23)18-12-14-6-4-3-5-7-14)20-17(24-2)21-10-8-15(22)9-11-21/h3-7,13,15,22H,8-12H2,1-2H3,(H2,18,19,23)/b20-17-. The van der Waals surface area contributed by atoms with Gasteiger partial charge in [0.05, 0.1) is 6.10 Å². The van der Waals surface area contributed by atoms with Crippen LogP contribution in [0.1, 0.15) is 25.3 Å². The SMILES string of the molecule is CS/C(=N\C(C)NC(=O)NCc1ccccc1)N1CCC(O)CC1. The molecular formula is C17H26N4O2S. The van der Waals surface area contributed by atoms with Gasteiger partial charge in [-0.25, -0.2) is 9.79 Å². The summed E-state index contributed by atoms with van der Waals surface area (Å²) >= 11 is 1.57. The Bertz CT molecular complexity index is 545. The third-order valence-electron chi connectivity index (χ3n) is 3.86. The van der Waals surface area contributed by atoms with Crippen LogP contribution in [0.2, 0.25) is 0 Å². The van der Waals surface area contributed by atoms with Crippen LogP contribution >= 0.6 is 11.8 Å². The molecule has 0 saturated carbocycles. The summed E-state index contributed by atoms with van der Waals surface area (Å²) in [6, 6.07) is 9.55. The van der Waals surface area contributed by atoms with Crippen LogP contribution in [0.3, 0.4) is 0 Å². The Labute approximate surface area is 147 Å². The van der Waals surface area contributed by atoms with Crippen LogP contribution in [0.15, 0.2) is 35.3 Å². The van der Waals surface area contributed by atoms with Crippen molar-refractivity contribution in [2.75, 3.05) is 19.3 Å². The molecule has 6 nitrogen and oxygen atoms in total. The first-order valence-electron chi connectivity index (χ1n) is 8.21. The number of aliphatic hydroxyl groups excluding tert-OH is 1. The highest BCUT2D eigenvalue weighted by molar-refractivity contribution is 8.13. The lowest BCUT2D eigenvalue weighted by atomic mass is 10.1. The van der Waals surface area contributed by atoms with Gasteiger partial charge in [-0.2, -0.15) is 0 Å². The summed E-state index contributed by atoms with van der Waals surface area (Å²) in [5.41, 5.74) is 1.06. The third kappa shape index (κ3) is 6.05. The van der Waals surface area contributed by atoms with E-state index in [1.807, 2.05) is 43.5 Å². The highest BCUT2D eigenvalue weighted by Gasteiger charge is 2.20. The normalized spacial score (nSPS) is 17.5. The molecule has 0 aromatic heterocycles. The molecule has 1 heterocycles. The number of benzene rings is 1. The Kier molecular flexibility index (Phi) is 7.39. The quantitative estimate of drug-likeness (QED) is 0.573. The van der Waals surface area contributed by atoms with E-state index >= 15 is 0 Å². The summed E-state index contributed by atoms with van der Waals surface area (Å²) < 4.78 is 0. The Morgan fingerprint density at radius 2 is 2.04 bits per heavy atom. The monoisotopic (exact) mass is 350 g/mol. The Morgan fingerprint density at radius 3 is 2.67 bits per heavy atom. The van der Waals surface area contributed by atoms with Crippen molar-refractivity contribution in [3.8, 4) is 0 Å². The molecular weight excluding hydrogens is 324 g/mol. The zero-order chi connectivity index (χ0) is 17.4. The molecule has 1 atom stereocenters. The molecule has 0 aliphatic carbocycles. The molecule has 3 N–H and O–H groups in total. The van der Waals surface area contributed by atoms with E-state index < -0.39 is 0 Å². The molecule has 0 bridgehead atoms. The first-order chi connectivity index (χ1) is 11.6. The number of likely N-dealkylation sites (tertiary alicyclic amines) is 1. The molecule has 24 heavy (non-hydrogen) atoms. The van der Waals surface area contributed by atoms with E-state index in [1.54, 1.807) is 11.8 Å². The number of amides is 2. The first kappa shape index (κ1) is 18.6. The predicted molar refractivity (Wildman–Crippen MR) is 99.0 cm³/mol. The fraction of sp³-hybridized carbons (Fsp3) is 0.529. The van der Waals surface area contributed by atoms with Crippen LogP contribution in [0.4, 0.5) is 4.79 Å².